The van der Waals surface area contributed by atoms with Crippen molar-refractivity contribution in [2.24, 2.45) is 0 Å². The predicted molar refractivity (Wildman–Crippen MR) is 127 cm³/mol. The second-order valence-corrected chi connectivity index (χ2v) is 9.82. The third kappa shape index (κ3) is 5.41. The predicted octanol–water partition coefficient (Wildman–Crippen LogP) is 5.11. The smallest absolute Gasteiger partial charge is 0.373 e. The van der Waals surface area contributed by atoms with Crippen LogP contribution >= 0.6 is 0 Å². The van der Waals surface area contributed by atoms with Gasteiger partial charge in [0, 0.05) is 18.0 Å². The number of nitrogens with zero attached hydrogens (tertiary/aromatic N) is 1. The zero-order valence-corrected chi connectivity index (χ0v) is 20.9. The van der Waals surface area contributed by atoms with Gasteiger partial charge >= 0.3 is 11.9 Å². The largest absolute Gasteiger partial charge is 0.463 e. The lowest BCUT2D eigenvalue weighted by Crippen LogP contribution is -2.38. The Labute approximate surface area is 200 Å². The first-order valence-electron chi connectivity index (χ1n) is 11.4. The van der Waals surface area contributed by atoms with E-state index in [1.807, 2.05) is 24.3 Å². The molecule has 1 aromatic heterocycles. The fourth-order valence-electron chi connectivity index (χ4n) is 4.07. The number of methoxy groups -OCH3 is 1. The average Bonchev–Trinajstić information content (AvgIpc) is 3.23. The van der Waals surface area contributed by atoms with Crippen molar-refractivity contribution in [3.05, 3.63) is 70.3 Å². The molecule has 7 heteroatoms. The highest BCUT2D eigenvalue weighted by Gasteiger charge is 2.37. The van der Waals surface area contributed by atoms with Crippen LogP contribution in [0.25, 0.3) is 0 Å². The summed E-state index contributed by atoms with van der Waals surface area (Å²) in [5, 5.41) is 0. The van der Waals surface area contributed by atoms with Gasteiger partial charge in [-0.25, -0.2) is 9.59 Å². The highest BCUT2D eigenvalue weighted by atomic mass is 16.5. The van der Waals surface area contributed by atoms with Crippen molar-refractivity contribution in [2.75, 3.05) is 7.11 Å². The van der Waals surface area contributed by atoms with Gasteiger partial charge in [0.05, 0.1) is 25.3 Å². The van der Waals surface area contributed by atoms with Crippen LogP contribution in [0.15, 0.2) is 52.1 Å². The quantitative estimate of drug-likeness (QED) is 0.549. The number of rotatable bonds is 6. The first-order valence-corrected chi connectivity index (χ1v) is 11.4. The number of amides is 1. The van der Waals surface area contributed by atoms with Crippen LogP contribution in [0.4, 0.5) is 0 Å². The monoisotopic (exact) mass is 467 g/mol. The second-order valence-electron chi connectivity index (χ2n) is 9.82. The van der Waals surface area contributed by atoms with E-state index in [0.29, 0.717) is 17.0 Å². The van der Waals surface area contributed by atoms with Gasteiger partial charge in [-0.15, -0.1) is 0 Å². The Morgan fingerprint density at radius 2 is 1.74 bits per heavy atom. The minimum atomic E-state index is -0.594. The topological polar surface area (TPSA) is 86.0 Å². The zero-order valence-electron chi connectivity index (χ0n) is 20.9. The normalized spacial score (nSPS) is 16.8. The van der Waals surface area contributed by atoms with E-state index in [1.54, 1.807) is 26.8 Å². The van der Waals surface area contributed by atoms with Crippen LogP contribution in [-0.2, 0) is 31.0 Å². The Morgan fingerprint density at radius 3 is 2.29 bits per heavy atom. The first kappa shape index (κ1) is 25.3. The van der Waals surface area contributed by atoms with E-state index in [9.17, 15) is 14.4 Å². The van der Waals surface area contributed by atoms with Crippen LogP contribution in [0.1, 0.15) is 81.3 Å². The molecule has 2 aromatic rings. The van der Waals surface area contributed by atoms with Gasteiger partial charge in [0.15, 0.2) is 0 Å². The summed E-state index contributed by atoms with van der Waals surface area (Å²) in [6.45, 7) is 11.8. The Kier molecular flexibility index (Phi) is 7.34. The molecule has 1 aliphatic rings. The zero-order chi connectivity index (χ0) is 25.2. The summed E-state index contributed by atoms with van der Waals surface area (Å²) in [5.74, 6) is -1.11. The van der Waals surface area contributed by atoms with Gasteiger partial charge in [-0.3, -0.25) is 4.79 Å². The molecule has 0 spiro atoms. The molecule has 3 rings (SSSR count). The molecule has 0 fully saturated rings. The van der Waals surface area contributed by atoms with Gasteiger partial charge in [-0.2, -0.15) is 0 Å². The number of benzene rings is 1. The molecule has 0 aliphatic carbocycles. The van der Waals surface area contributed by atoms with E-state index in [1.165, 1.54) is 23.6 Å². The third-order valence-electron chi connectivity index (χ3n) is 5.93. The maximum atomic E-state index is 13.2. The van der Waals surface area contributed by atoms with Crippen molar-refractivity contribution in [3.8, 4) is 0 Å². The summed E-state index contributed by atoms with van der Waals surface area (Å²) < 4.78 is 15.8. The highest BCUT2D eigenvalue weighted by Crippen LogP contribution is 2.38. The number of hydrogen-bond acceptors (Lipinski definition) is 6. The average molecular weight is 468 g/mol. The van der Waals surface area contributed by atoms with Crippen LogP contribution in [0.5, 0.6) is 0 Å². The second kappa shape index (κ2) is 9.87. The van der Waals surface area contributed by atoms with Crippen molar-refractivity contribution >= 4 is 17.8 Å². The Morgan fingerprint density at radius 1 is 1.09 bits per heavy atom. The Hall–Kier alpha value is -3.35. The number of carbonyl (C=O) groups excluding carboxylic acids is 3. The number of esters is 2. The molecule has 182 valence electrons. The fourth-order valence-corrected chi connectivity index (χ4v) is 4.07. The van der Waals surface area contributed by atoms with Gasteiger partial charge in [-0.05, 0) is 49.4 Å². The first-order chi connectivity index (χ1) is 15.9. The molecule has 1 aliphatic heterocycles. The van der Waals surface area contributed by atoms with Crippen LogP contribution in [0.3, 0.4) is 0 Å². The van der Waals surface area contributed by atoms with E-state index in [-0.39, 0.29) is 36.2 Å². The number of hydrogen-bond donors (Lipinski definition) is 0. The SMILES string of the molecule is COC(=O)c1ccc(CN2C(=O)C[C@@H](c3ccc(C(C)(C)C)cc3)C(C(=O)OC(C)C)=C2C)o1. The van der Waals surface area contributed by atoms with E-state index in [0.717, 1.165) is 5.56 Å². The van der Waals surface area contributed by atoms with Gasteiger partial charge in [-0.1, -0.05) is 45.0 Å². The van der Waals surface area contributed by atoms with Gasteiger partial charge in [0.2, 0.25) is 11.7 Å². The van der Waals surface area contributed by atoms with Crippen LogP contribution < -0.4 is 0 Å². The summed E-state index contributed by atoms with van der Waals surface area (Å²) in [6.07, 6.45) is -0.172. The minimum Gasteiger partial charge on any atom is -0.463 e. The van der Waals surface area contributed by atoms with Crippen molar-refractivity contribution in [1.82, 2.24) is 4.90 Å². The summed E-state index contributed by atoms with van der Waals surface area (Å²) in [4.78, 5) is 39.6. The van der Waals surface area contributed by atoms with Gasteiger partial charge < -0.3 is 18.8 Å². The molecule has 2 heterocycles. The molecular formula is C27H33NO6. The van der Waals surface area contributed by atoms with Crippen molar-refractivity contribution in [2.45, 2.75) is 71.9 Å². The lowest BCUT2D eigenvalue weighted by Gasteiger charge is -2.34. The van der Waals surface area contributed by atoms with Gasteiger partial charge in [0.25, 0.3) is 0 Å². The molecule has 0 saturated carbocycles. The van der Waals surface area contributed by atoms with Crippen LogP contribution in [0.2, 0.25) is 0 Å². The van der Waals surface area contributed by atoms with E-state index in [2.05, 4.69) is 25.5 Å². The number of furan rings is 1. The van der Waals surface area contributed by atoms with Gasteiger partial charge in [0.1, 0.15) is 5.76 Å². The van der Waals surface area contributed by atoms with Crippen molar-refractivity contribution in [3.63, 3.8) is 0 Å². The fraction of sp³-hybridized carbons (Fsp3) is 0.444. The summed E-state index contributed by atoms with van der Waals surface area (Å²) in [6, 6.07) is 11.2. The minimum absolute atomic E-state index is 0.00499. The number of ether oxygens (including phenoxy) is 2. The summed E-state index contributed by atoms with van der Waals surface area (Å²) >= 11 is 0. The Bertz CT molecular complexity index is 1100. The summed E-state index contributed by atoms with van der Waals surface area (Å²) in [5.41, 5.74) is 3.03. The van der Waals surface area contributed by atoms with Crippen molar-refractivity contribution < 1.29 is 28.3 Å². The lowest BCUT2D eigenvalue weighted by molar-refractivity contribution is -0.144. The third-order valence-corrected chi connectivity index (χ3v) is 5.93. The van der Waals surface area contributed by atoms with E-state index < -0.39 is 17.9 Å². The molecule has 7 nitrogen and oxygen atoms in total. The molecule has 0 saturated heterocycles. The molecule has 0 bridgehead atoms. The van der Waals surface area contributed by atoms with Crippen LogP contribution in [0, 0.1) is 0 Å². The molecule has 0 unspecified atom stereocenters. The Balaban J connectivity index is 1.99. The number of carbonyl (C=O) groups is 3. The summed E-state index contributed by atoms with van der Waals surface area (Å²) in [7, 11) is 1.27. The highest BCUT2D eigenvalue weighted by molar-refractivity contribution is 5.96. The molecule has 1 aromatic carbocycles. The molecule has 1 amide bonds. The molecule has 0 N–H and O–H groups in total. The molecule has 0 radical (unpaired) electrons. The van der Waals surface area contributed by atoms with Crippen molar-refractivity contribution in [1.29, 1.82) is 0 Å². The van der Waals surface area contributed by atoms with Crippen LogP contribution in [-0.4, -0.2) is 36.0 Å². The maximum Gasteiger partial charge on any atom is 0.373 e. The lowest BCUT2D eigenvalue weighted by atomic mass is 9.81. The van der Waals surface area contributed by atoms with E-state index in [4.69, 9.17) is 9.15 Å². The molecular weight excluding hydrogens is 434 g/mol. The van der Waals surface area contributed by atoms with E-state index >= 15 is 0 Å². The molecule has 34 heavy (non-hydrogen) atoms. The molecule has 1 atom stereocenters. The standard InChI is InChI=1S/C27H33NO6/c1-16(2)33-26(31)24-17(3)28(15-20-12-13-22(34-20)25(30)32-7)23(29)14-21(24)18-8-10-19(11-9-18)27(4,5)6/h8-13,16,21H,14-15H2,1-7H3/t21-/m0/s1. The maximum absolute atomic E-state index is 13.2. The number of allylic oxidation sites excluding steroid dienone is 1.